The molecule has 0 aromatic carbocycles. The summed E-state index contributed by atoms with van der Waals surface area (Å²) < 4.78 is 31.1. The second kappa shape index (κ2) is 8.11. The number of allylic oxidation sites excluding steroid dienone is 2. The van der Waals surface area contributed by atoms with Crippen molar-refractivity contribution in [2.24, 2.45) is 0 Å². The number of hydrogen-bond acceptors (Lipinski definition) is 6. The molecule has 1 aromatic heterocycles. The van der Waals surface area contributed by atoms with Gasteiger partial charge in [-0.15, -0.1) is 0 Å². The second-order valence-electron chi connectivity index (χ2n) is 6.20. The smallest absolute Gasteiger partial charge is 0.155 e. The normalized spacial score (nSPS) is 27.8. The Labute approximate surface area is 140 Å². The van der Waals surface area contributed by atoms with Crippen LogP contribution in [0.15, 0.2) is 18.3 Å². The van der Waals surface area contributed by atoms with Gasteiger partial charge in [0.2, 0.25) is 0 Å². The monoisotopic (exact) mass is 338 g/mol. The molecule has 6 nitrogen and oxygen atoms in total. The van der Waals surface area contributed by atoms with E-state index in [4.69, 9.17) is 19.3 Å². The van der Waals surface area contributed by atoms with Crippen LogP contribution in [0.5, 0.6) is 0 Å². The molecule has 1 aliphatic carbocycles. The summed E-state index contributed by atoms with van der Waals surface area (Å²) in [5.74, 6) is 0.567. The van der Waals surface area contributed by atoms with Crippen molar-refractivity contribution in [1.82, 2.24) is 9.97 Å². The van der Waals surface area contributed by atoms with Gasteiger partial charge in [-0.2, -0.15) is 0 Å². The topological polar surface area (TPSA) is 73.7 Å². The summed E-state index contributed by atoms with van der Waals surface area (Å²) in [5.41, 5.74) is 0.117. The largest absolute Gasteiger partial charge is 0.390 e. The third-order valence-corrected chi connectivity index (χ3v) is 4.27. The van der Waals surface area contributed by atoms with E-state index < -0.39 is 5.67 Å². The van der Waals surface area contributed by atoms with Crippen molar-refractivity contribution in [2.45, 2.75) is 37.6 Å². The van der Waals surface area contributed by atoms with Gasteiger partial charge in [-0.1, -0.05) is 6.08 Å². The zero-order valence-corrected chi connectivity index (χ0v) is 13.6. The number of aromatic nitrogens is 2. The first-order valence-corrected chi connectivity index (χ1v) is 8.27. The lowest BCUT2D eigenvalue weighted by molar-refractivity contribution is -0.123. The van der Waals surface area contributed by atoms with Crippen molar-refractivity contribution in [2.75, 3.05) is 33.0 Å². The summed E-state index contributed by atoms with van der Waals surface area (Å²) in [6.07, 6.45) is 4.54. The van der Waals surface area contributed by atoms with Crippen molar-refractivity contribution in [3.8, 4) is 0 Å². The number of aliphatic hydroxyl groups is 1. The highest BCUT2D eigenvalue weighted by atomic mass is 19.1. The van der Waals surface area contributed by atoms with Crippen LogP contribution >= 0.6 is 0 Å². The number of aliphatic hydroxyl groups excluding tert-OH is 1. The Bertz CT molecular complexity index is 577. The number of hydrogen-bond donors (Lipinski definition) is 1. The molecule has 1 saturated heterocycles. The summed E-state index contributed by atoms with van der Waals surface area (Å²) in [5, 5.41) is 9.14. The average Bonchev–Trinajstić information content (AvgIpc) is 2.63. The van der Waals surface area contributed by atoms with Crippen LogP contribution in [-0.2, 0) is 20.8 Å². The van der Waals surface area contributed by atoms with E-state index >= 15 is 0 Å². The molecule has 0 amide bonds. The molecule has 0 unspecified atom stereocenters. The Kier molecular flexibility index (Phi) is 5.89. The van der Waals surface area contributed by atoms with E-state index in [1.54, 1.807) is 12.3 Å². The van der Waals surface area contributed by atoms with Crippen LogP contribution in [0, 0.1) is 0 Å². The lowest BCUT2D eigenvalue weighted by Gasteiger charge is -2.29. The Morgan fingerprint density at radius 3 is 3.04 bits per heavy atom. The van der Waals surface area contributed by atoms with Crippen molar-refractivity contribution in [1.29, 1.82) is 0 Å². The number of ether oxygens (including phenoxy) is 3. The molecule has 0 saturated carbocycles. The second-order valence-corrected chi connectivity index (χ2v) is 6.20. The van der Waals surface area contributed by atoms with Gasteiger partial charge in [0.15, 0.2) is 5.82 Å². The van der Waals surface area contributed by atoms with Gasteiger partial charge < -0.3 is 19.3 Å². The number of nitrogens with zero attached hydrogens (tertiary/aromatic N) is 2. The van der Waals surface area contributed by atoms with Gasteiger partial charge in [-0.05, 0) is 24.5 Å². The lowest BCUT2D eigenvalue weighted by Crippen LogP contribution is -2.36. The van der Waals surface area contributed by atoms with E-state index in [0.29, 0.717) is 50.8 Å². The minimum Gasteiger partial charge on any atom is -0.390 e. The fourth-order valence-corrected chi connectivity index (χ4v) is 2.85. The number of rotatable bonds is 6. The van der Waals surface area contributed by atoms with Crippen LogP contribution in [0.25, 0.3) is 5.57 Å². The fourth-order valence-electron chi connectivity index (χ4n) is 2.85. The molecule has 1 aliphatic heterocycles. The molecule has 2 atom stereocenters. The van der Waals surface area contributed by atoms with E-state index in [0.717, 1.165) is 5.57 Å². The molecule has 132 valence electrons. The highest BCUT2D eigenvalue weighted by Crippen LogP contribution is 2.34. The first kappa shape index (κ1) is 17.4. The molecule has 0 spiro atoms. The molecule has 2 heterocycles. The zero-order valence-electron chi connectivity index (χ0n) is 13.6. The molecular weight excluding hydrogens is 315 g/mol. The minimum atomic E-state index is -1.37. The highest BCUT2D eigenvalue weighted by molar-refractivity contribution is 5.61. The maximum absolute atomic E-state index is 14.8. The van der Waals surface area contributed by atoms with Gasteiger partial charge >= 0.3 is 0 Å². The Morgan fingerprint density at radius 2 is 2.33 bits per heavy atom. The van der Waals surface area contributed by atoms with Crippen molar-refractivity contribution in [3.05, 3.63) is 29.9 Å². The van der Waals surface area contributed by atoms with Gasteiger partial charge in [0.05, 0.1) is 45.3 Å². The third kappa shape index (κ3) is 4.57. The van der Waals surface area contributed by atoms with Crippen molar-refractivity contribution in [3.63, 3.8) is 0 Å². The molecule has 3 rings (SSSR count). The zero-order chi connectivity index (χ0) is 16.8. The lowest BCUT2D eigenvalue weighted by atomic mass is 9.87. The van der Waals surface area contributed by atoms with E-state index in [1.165, 1.54) is 0 Å². The summed E-state index contributed by atoms with van der Waals surface area (Å²) in [6, 6.07) is 1.66. The SMILES string of the molecule is OCc1ccnc(C2=CC[C@](F)(COC[C@@H]3COCCO3)CC2)n1. The van der Waals surface area contributed by atoms with Gasteiger partial charge in [-0.3, -0.25) is 0 Å². The molecular formula is C17H23FN2O4. The Balaban J connectivity index is 1.51. The molecule has 7 heteroatoms. The van der Waals surface area contributed by atoms with Crippen LogP contribution in [0.2, 0.25) is 0 Å². The summed E-state index contributed by atoms with van der Waals surface area (Å²) in [7, 11) is 0. The van der Waals surface area contributed by atoms with E-state index in [1.807, 2.05) is 6.08 Å². The Morgan fingerprint density at radius 1 is 1.42 bits per heavy atom. The quantitative estimate of drug-likeness (QED) is 0.851. The van der Waals surface area contributed by atoms with Crippen LogP contribution < -0.4 is 0 Å². The van der Waals surface area contributed by atoms with Crippen LogP contribution in [0.3, 0.4) is 0 Å². The third-order valence-electron chi connectivity index (χ3n) is 4.27. The van der Waals surface area contributed by atoms with Gasteiger partial charge in [-0.25, -0.2) is 14.4 Å². The van der Waals surface area contributed by atoms with E-state index in [9.17, 15) is 4.39 Å². The predicted octanol–water partition coefficient (Wildman–Crippen LogP) is 1.68. The molecule has 0 bridgehead atoms. The van der Waals surface area contributed by atoms with E-state index in [-0.39, 0.29) is 25.7 Å². The highest BCUT2D eigenvalue weighted by Gasteiger charge is 2.33. The molecule has 1 aromatic rings. The number of halogens is 1. The number of alkyl halides is 1. The molecule has 24 heavy (non-hydrogen) atoms. The fraction of sp³-hybridized carbons (Fsp3) is 0.647. The summed E-state index contributed by atoms with van der Waals surface area (Å²) >= 11 is 0. The molecule has 2 aliphatic rings. The minimum absolute atomic E-state index is 0.0498. The maximum atomic E-state index is 14.8. The predicted molar refractivity (Wildman–Crippen MR) is 85.0 cm³/mol. The summed E-state index contributed by atoms with van der Waals surface area (Å²) in [6.45, 7) is 1.95. The van der Waals surface area contributed by atoms with Gasteiger partial charge in [0, 0.05) is 12.6 Å². The standard InChI is InChI=1S/C17H23FN2O4/c18-17(12-23-11-15-10-22-7-8-24-15)4-1-13(2-5-17)16-19-6-3-14(9-21)20-16/h1,3,6,15,21H,2,4-5,7-12H2/t15-,17+/m0/s1. The van der Waals surface area contributed by atoms with Crippen LogP contribution in [0.4, 0.5) is 4.39 Å². The van der Waals surface area contributed by atoms with Crippen molar-refractivity contribution >= 4 is 5.57 Å². The molecule has 1 N–H and O–H groups in total. The van der Waals surface area contributed by atoms with E-state index in [2.05, 4.69) is 9.97 Å². The molecule has 0 radical (unpaired) electrons. The first-order chi connectivity index (χ1) is 11.7. The maximum Gasteiger partial charge on any atom is 0.155 e. The van der Waals surface area contributed by atoms with Gasteiger partial charge in [0.25, 0.3) is 0 Å². The average molecular weight is 338 g/mol. The summed E-state index contributed by atoms with van der Waals surface area (Å²) in [4.78, 5) is 8.48. The first-order valence-electron chi connectivity index (χ1n) is 8.27. The van der Waals surface area contributed by atoms with Gasteiger partial charge in [0.1, 0.15) is 11.8 Å². The van der Waals surface area contributed by atoms with Crippen LogP contribution in [-0.4, -0.2) is 59.9 Å². The van der Waals surface area contributed by atoms with Crippen LogP contribution in [0.1, 0.15) is 30.8 Å². The Hall–Kier alpha value is -1.41. The van der Waals surface area contributed by atoms with Crippen molar-refractivity contribution < 1.29 is 23.7 Å². The molecule has 1 fully saturated rings.